The van der Waals surface area contributed by atoms with E-state index in [4.69, 9.17) is 10.00 Å². The number of rotatable bonds is 2. The summed E-state index contributed by atoms with van der Waals surface area (Å²) in [6.45, 7) is 1.92. The van der Waals surface area contributed by atoms with Crippen LogP contribution < -0.4 is 4.90 Å². The SMILES string of the molecule is COC1CCCN(c2ccnc(C#N)c2)C1. The summed E-state index contributed by atoms with van der Waals surface area (Å²) in [5.74, 6) is 0. The number of methoxy groups -OCH3 is 1. The number of nitrogens with zero attached hydrogens (tertiary/aromatic N) is 3. The molecule has 16 heavy (non-hydrogen) atoms. The molecule has 2 heterocycles. The van der Waals surface area contributed by atoms with Crippen molar-refractivity contribution in [1.82, 2.24) is 4.98 Å². The Morgan fingerprint density at radius 3 is 3.25 bits per heavy atom. The minimum absolute atomic E-state index is 0.299. The highest BCUT2D eigenvalue weighted by molar-refractivity contribution is 5.49. The maximum absolute atomic E-state index is 8.80. The van der Waals surface area contributed by atoms with Crippen LogP contribution in [0.15, 0.2) is 18.3 Å². The Morgan fingerprint density at radius 1 is 1.62 bits per heavy atom. The Hall–Kier alpha value is -1.60. The van der Waals surface area contributed by atoms with Gasteiger partial charge in [0.1, 0.15) is 11.8 Å². The van der Waals surface area contributed by atoms with E-state index in [0.717, 1.165) is 31.6 Å². The van der Waals surface area contributed by atoms with Gasteiger partial charge >= 0.3 is 0 Å². The van der Waals surface area contributed by atoms with Gasteiger partial charge in [-0.3, -0.25) is 0 Å². The predicted molar refractivity (Wildman–Crippen MR) is 61.2 cm³/mol. The van der Waals surface area contributed by atoms with Crippen LogP contribution in [0.25, 0.3) is 0 Å². The molecule has 0 radical (unpaired) electrons. The zero-order valence-electron chi connectivity index (χ0n) is 9.39. The van der Waals surface area contributed by atoms with Crippen LogP contribution in [0, 0.1) is 11.3 Å². The van der Waals surface area contributed by atoms with E-state index < -0.39 is 0 Å². The minimum Gasteiger partial charge on any atom is -0.380 e. The number of anilines is 1. The molecule has 1 aliphatic heterocycles. The van der Waals surface area contributed by atoms with Crippen molar-refractivity contribution >= 4 is 5.69 Å². The lowest BCUT2D eigenvalue weighted by Crippen LogP contribution is -2.39. The zero-order chi connectivity index (χ0) is 11.4. The summed E-state index contributed by atoms with van der Waals surface area (Å²) in [7, 11) is 1.75. The first-order chi connectivity index (χ1) is 7.83. The van der Waals surface area contributed by atoms with Crippen molar-refractivity contribution in [3.63, 3.8) is 0 Å². The smallest absolute Gasteiger partial charge is 0.142 e. The van der Waals surface area contributed by atoms with Crippen LogP contribution >= 0.6 is 0 Å². The third-order valence-electron chi connectivity index (χ3n) is 2.93. The molecular formula is C12H15N3O. The molecule has 0 aromatic carbocycles. The van der Waals surface area contributed by atoms with Crippen molar-refractivity contribution in [3.05, 3.63) is 24.0 Å². The highest BCUT2D eigenvalue weighted by Gasteiger charge is 2.19. The first-order valence-electron chi connectivity index (χ1n) is 5.47. The minimum atomic E-state index is 0.299. The molecule has 1 aliphatic rings. The normalized spacial score (nSPS) is 20.5. The van der Waals surface area contributed by atoms with Gasteiger partial charge in [-0.15, -0.1) is 0 Å². The molecule has 1 aromatic rings. The molecule has 4 heteroatoms. The molecule has 0 amide bonds. The predicted octanol–water partition coefficient (Wildman–Crippen LogP) is 1.57. The van der Waals surface area contributed by atoms with Gasteiger partial charge < -0.3 is 9.64 Å². The van der Waals surface area contributed by atoms with Gasteiger partial charge in [0.25, 0.3) is 0 Å². The van der Waals surface area contributed by atoms with Crippen molar-refractivity contribution < 1.29 is 4.74 Å². The van der Waals surface area contributed by atoms with E-state index in [1.54, 1.807) is 13.3 Å². The van der Waals surface area contributed by atoms with E-state index in [2.05, 4.69) is 16.0 Å². The molecular weight excluding hydrogens is 202 g/mol. The second-order valence-corrected chi connectivity index (χ2v) is 3.96. The van der Waals surface area contributed by atoms with Gasteiger partial charge in [0.05, 0.1) is 6.10 Å². The average molecular weight is 217 g/mol. The van der Waals surface area contributed by atoms with Crippen molar-refractivity contribution in [2.75, 3.05) is 25.1 Å². The number of nitriles is 1. The number of hydrogen-bond acceptors (Lipinski definition) is 4. The summed E-state index contributed by atoms with van der Waals surface area (Å²) >= 11 is 0. The fourth-order valence-corrected chi connectivity index (χ4v) is 2.04. The van der Waals surface area contributed by atoms with Gasteiger partial charge in [-0.25, -0.2) is 4.98 Å². The molecule has 1 fully saturated rings. The molecule has 0 saturated carbocycles. The highest BCUT2D eigenvalue weighted by Crippen LogP contribution is 2.21. The van der Waals surface area contributed by atoms with Crippen LogP contribution in [0.5, 0.6) is 0 Å². The second kappa shape index (κ2) is 4.95. The van der Waals surface area contributed by atoms with E-state index in [1.807, 2.05) is 12.1 Å². The van der Waals surface area contributed by atoms with E-state index >= 15 is 0 Å². The second-order valence-electron chi connectivity index (χ2n) is 3.96. The van der Waals surface area contributed by atoms with E-state index in [1.165, 1.54) is 0 Å². The molecule has 0 bridgehead atoms. The Morgan fingerprint density at radius 2 is 2.50 bits per heavy atom. The van der Waals surface area contributed by atoms with Crippen LogP contribution in [-0.4, -0.2) is 31.3 Å². The molecule has 1 saturated heterocycles. The number of piperidine rings is 1. The van der Waals surface area contributed by atoms with Crippen molar-refractivity contribution in [2.24, 2.45) is 0 Å². The van der Waals surface area contributed by atoms with E-state index in [0.29, 0.717) is 11.8 Å². The molecule has 4 nitrogen and oxygen atoms in total. The third kappa shape index (κ3) is 2.31. The molecule has 0 aliphatic carbocycles. The molecule has 84 valence electrons. The molecule has 2 rings (SSSR count). The first kappa shape index (κ1) is 10.9. The van der Waals surface area contributed by atoms with Gasteiger partial charge in [-0.1, -0.05) is 0 Å². The Labute approximate surface area is 95.5 Å². The van der Waals surface area contributed by atoms with Crippen molar-refractivity contribution in [3.8, 4) is 6.07 Å². The summed E-state index contributed by atoms with van der Waals surface area (Å²) < 4.78 is 5.38. The Bertz CT molecular complexity index is 399. The van der Waals surface area contributed by atoms with Crippen LogP contribution in [0.2, 0.25) is 0 Å². The van der Waals surface area contributed by atoms with E-state index in [-0.39, 0.29) is 0 Å². The molecule has 0 spiro atoms. The molecule has 1 aromatic heterocycles. The summed E-state index contributed by atoms with van der Waals surface area (Å²) in [4.78, 5) is 6.22. The quantitative estimate of drug-likeness (QED) is 0.754. The summed E-state index contributed by atoms with van der Waals surface area (Å²) in [6.07, 6.45) is 4.23. The zero-order valence-corrected chi connectivity index (χ0v) is 9.39. The lowest BCUT2D eigenvalue weighted by molar-refractivity contribution is 0.0893. The fourth-order valence-electron chi connectivity index (χ4n) is 2.04. The standard InChI is InChI=1S/C12H15N3O/c1-16-12-3-2-6-15(9-12)11-4-5-14-10(7-11)8-13/h4-5,7,12H,2-3,6,9H2,1H3. The Kier molecular flexibility index (Phi) is 3.37. The first-order valence-corrected chi connectivity index (χ1v) is 5.47. The maximum Gasteiger partial charge on any atom is 0.142 e. The average Bonchev–Trinajstić information content (AvgIpc) is 2.39. The van der Waals surface area contributed by atoms with Gasteiger partial charge in [0.2, 0.25) is 0 Å². The van der Waals surface area contributed by atoms with Gasteiger partial charge in [0, 0.05) is 32.1 Å². The number of hydrogen-bond donors (Lipinski definition) is 0. The van der Waals surface area contributed by atoms with Crippen molar-refractivity contribution in [2.45, 2.75) is 18.9 Å². The fraction of sp³-hybridized carbons (Fsp3) is 0.500. The third-order valence-corrected chi connectivity index (χ3v) is 2.93. The molecule has 1 atom stereocenters. The molecule has 0 N–H and O–H groups in total. The number of ether oxygens (including phenoxy) is 1. The van der Waals surface area contributed by atoms with Crippen LogP contribution in [-0.2, 0) is 4.74 Å². The lowest BCUT2D eigenvalue weighted by atomic mass is 10.1. The van der Waals surface area contributed by atoms with Crippen LogP contribution in [0.3, 0.4) is 0 Å². The van der Waals surface area contributed by atoms with Gasteiger partial charge in [0.15, 0.2) is 0 Å². The van der Waals surface area contributed by atoms with Gasteiger partial charge in [-0.05, 0) is 25.0 Å². The highest BCUT2D eigenvalue weighted by atomic mass is 16.5. The number of aromatic nitrogens is 1. The Balaban J connectivity index is 2.14. The monoisotopic (exact) mass is 217 g/mol. The maximum atomic E-state index is 8.80. The van der Waals surface area contributed by atoms with Crippen molar-refractivity contribution in [1.29, 1.82) is 5.26 Å². The summed E-state index contributed by atoms with van der Waals surface area (Å²) in [5.41, 5.74) is 1.53. The number of pyridine rings is 1. The summed E-state index contributed by atoms with van der Waals surface area (Å²) in [5, 5.41) is 8.80. The van der Waals surface area contributed by atoms with Crippen LogP contribution in [0.4, 0.5) is 5.69 Å². The largest absolute Gasteiger partial charge is 0.380 e. The summed E-state index contributed by atoms with van der Waals surface area (Å²) in [6, 6.07) is 5.84. The van der Waals surface area contributed by atoms with Gasteiger partial charge in [-0.2, -0.15) is 5.26 Å². The lowest BCUT2D eigenvalue weighted by Gasteiger charge is -2.33. The van der Waals surface area contributed by atoms with E-state index in [9.17, 15) is 0 Å². The topological polar surface area (TPSA) is 49.1 Å². The van der Waals surface area contributed by atoms with Crippen LogP contribution in [0.1, 0.15) is 18.5 Å². The molecule has 1 unspecified atom stereocenters.